The molecule has 0 aliphatic rings. The third-order valence-corrected chi connectivity index (χ3v) is 5.18. The molecule has 1 heterocycles. The van der Waals surface area contributed by atoms with E-state index < -0.39 is 17.7 Å². The fourth-order valence-electron chi connectivity index (χ4n) is 3.50. The van der Waals surface area contributed by atoms with Gasteiger partial charge in [-0.1, -0.05) is 35.3 Å². The number of carboxylic acid groups (broad SMARTS) is 1. The zero-order valence-electron chi connectivity index (χ0n) is 16.5. The van der Waals surface area contributed by atoms with Gasteiger partial charge in [0, 0.05) is 10.6 Å². The highest BCUT2D eigenvalue weighted by Gasteiger charge is 2.34. The maximum atomic E-state index is 13.5. The number of hydrogen-bond acceptors (Lipinski definition) is 3. The van der Waals surface area contributed by atoms with Crippen molar-refractivity contribution in [1.82, 2.24) is 14.5 Å². The van der Waals surface area contributed by atoms with Crippen LogP contribution in [-0.4, -0.2) is 31.2 Å². The molecule has 0 fully saturated rings. The molecular weight excluding hydrogens is 413 g/mol. The summed E-state index contributed by atoms with van der Waals surface area (Å²) in [7, 11) is 0. The van der Waals surface area contributed by atoms with Crippen molar-refractivity contribution < 1.29 is 9.90 Å². The lowest BCUT2D eigenvalue weighted by molar-refractivity contribution is 0.0719. The van der Waals surface area contributed by atoms with Crippen LogP contribution in [0.3, 0.4) is 0 Å². The van der Waals surface area contributed by atoms with E-state index in [4.69, 9.17) is 23.2 Å². The van der Waals surface area contributed by atoms with Crippen molar-refractivity contribution in [2.75, 3.05) is 0 Å². The summed E-state index contributed by atoms with van der Waals surface area (Å²) in [5.74, 6) is 0.282. The zero-order valence-corrected chi connectivity index (χ0v) is 18.0. The van der Waals surface area contributed by atoms with Crippen LogP contribution in [0.4, 0.5) is 4.79 Å². The molecule has 0 saturated heterocycles. The first-order chi connectivity index (χ1) is 13.5. The molecule has 152 valence electrons. The second kappa shape index (κ2) is 7.69. The van der Waals surface area contributed by atoms with Crippen molar-refractivity contribution in [1.29, 1.82) is 0 Å². The molecule has 29 heavy (non-hydrogen) atoms. The van der Waals surface area contributed by atoms with Gasteiger partial charge in [-0.05, 0) is 58.0 Å². The van der Waals surface area contributed by atoms with E-state index in [1.54, 1.807) is 70.2 Å². The summed E-state index contributed by atoms with van der Waals surface area (Å²) in [6.07, 6.45) is -1.11. The monoisotopic (exact) mass is 433 g/mol. The summed E-state index contributed by atoms with van der Waals surface area (Å²) < 4.78 is 1.38. The van der Waals surface area contributed by atoms with E-state index >= 15 is 0 Å². The largest absolute Gasteiger partial charge is 0.465 e. The Morgan fingerprint density at radius 3 is 2.41 bits per heavy atom. The quantitative estimate of drug-likeness (QED) is 0.588. The Kier molecular flexibility index (Phi) is 5.61. The van der Waals surface area contributed by atoms with E-state index in [9.17, 15) is 14.7 Å². The molecule has 1 aromatic heterocycles. The van der Waals surface area contributed by atoms with Crippen molar-refractivity contribution in [2.24, 2.45) is 0 Å². The van der Waals surface area contributed by atoms with Gasteiger partial charge >= 0.3 is 6.09 Å². The first-order valence-corrected chi connectivity index (χ1v) is 9.77. The van der Waals surface area contributed by atoms with Crippen LogP contribution in [-0.2, 0) is 0 Å². The molecule has 0 bridgehead atoms. The van der Waals surface area contributed by atoms with Gasteiger partial charge < -0.3 is 5.11 Å². The average molecular weight is 434 g/mol. The van der Waals surface area contributed by atoms with Crippen LogP contribution in [0, 0.1) is 0 Å². The first-order valence-electron chi connectivity index (χ1n) is 9.01. The van der Waals surface area contributed by atoms with Gasteiger partial charge in [0.05, 0.1) is 27.7 Å². The molecule has 0 aliphatic heterocycles. The standard InChI is InChI=1S/C21H21Cl2N3O3/c1-12(26(20(28)29)21(2,3)4)18-24-16-10-6-9-15(23)17(16)19(27)25(18)14-8-5-7-13(22)11-14/h5-12H,1-4H3,(H,28,29). The molecule has 0 radical (unpaired) electrons. The zero-order chi connectivity index (χ0) is 21.5. The van der Waals surface area contributed by atoms with Crippen molar-refractivity contribution in [3.63, 3.8) is 0 Å². The third kappa shape index (κ3) is 3.95. The smallest absolute Gasteiger partial charge is 0.408 e. The molecule has 6 nitrogen and oxygen atoms in total. The summed E-state index contributed by atoms with van der Waals surface area (Å²) in [5.41, 5.74) is -0.213. The van der Waals surface area contributed by atoms with E-state index in [2.05, 4.69) is 4.98 Å². The second-order valence-electron chi connectivity index (χ2n) is 7.72. The summed E-state index contributed by atoms with van der Waals surface area (Å²) in [5, 5.41) is 10.8. The highest BCUT2D eigenvalue weighted by atomic mass is 35.5. The lowest BCUT2D eigenvalue weighted by atomic mass is 10.0. The number of halogens is 2. The van der Waals surface area contributed by atoms with Crippen LogP contribution >= 0.6 is 23.2 Å². The van der Waals surface area contributed by atoms with Gasteiger partial charge in [-0.15, -0.1) is 0 Å². The number of fused-ring (bicyclic) bond motifs is 1. The van der Waals surface area contributed by atoms with E-state index in [1.165, 1.54) is 9.47 Å². The average Bonchev–Trinajstić information content (AvgIpc) is 2.59. The third-order valence-electron chi connectivity index (χ3n) is 4.63. The summed E-state index contributed by atoms with van der Waals surface area (Å²) >= 11 is 12.4. The fraction of sp³-hybridized carbons (Fsp3) is 0.286. The number of carbonyl (C=O) groups is 1. The van der Waals surface area contributed by atoms with Crippen molar-refractivity contribution in [3.8, 4) is 5.69 Å². The fourth-order valence-corrected chi connectivity index (χ4v) is 3.94. The van der Waals surface area contributed by atoms with E-state index in [0.29, 0.717) is 16.2 Å². The van der Waals surface area contributed by atoms with Crippen molar-refractivity contribution in [3.05, 3.63) is 68.7 Å². The lowest BCUT2D eigenvalue weighted by Crippen LogP contribution is -2.47. The topological polar surface area (TPSA) is 75.4 Å². The van der Waals surface area contributed by atoms with Gasteiger partial charge in [-0.3, -0.25) is 14.3 Å². The molecule has 0 spiro atoms. The van der Waals surface area contributed by atoms with E-state index in [0.717, 1.165) is 0 Å². The number of benzene rings is 2. The number of hydrogen-bond donors (Lipinski definition) is 1. The Hall–Kier alpha value is -2.57. The van der Waals surface area contributed by atoms with Crippen LogP contribution in [0.5, 0.6) is 0 Å². The Labute approximate surface area is 178 Å². The van der Waals surface area contributed by atoms with Crippen LogP contribution in [0.25, 0.3) is 16.6 Å². The minimum Gasteiger partial charge on any atom is -0.465 e. The number of aromatic nitrogens is 2. The molecule has 1 atom stereocenters. The van der Waals surface area contributed by atoms with Crippen molar-refractivity contribution in [2.45, 2.75) is 39.3 Å². The SMILES string of the molecule is CC(c1nc2cccc(Cl)c2c(=O)n1-c1cccc(Cl)c1)N(C(=O)O)C(C)(C)C. The first kappa shape index (κ1) is 21.1. The summed E-state index contributed by atoms with van der Waals surface area (Å²) in [6.45, 7) is 7.07. The predicted molar refractivity (Wildman–Crippen MR) is 115 cm³/mol. The Balaban J connectivity index is 2.41. The lowest BCUT2D eigenvalue weighted by Gasteiger charge is -2.38. The molecule has 1 unspecified atom stereocenters. The van der Waals surface area contributed by atoms with Gasteiger partial charge in [0.15, 0.2) is 0 Å². The van der Waals surface area contributed by atoms with Crippen LogP contribution in [0.15, 0.2) is 47.3 Å². The summed E-state index contributed by atoms with van der Waals surface area (Å²) in [4.78, 5) is 31.4. The Morgan fingerprint density at radius 1 is 1.17 bits per heavy atom. The minimum absolute atomic E-state index is 0.266. The molecule has 0 saturated carbocycles. The van der Waals surface area contributed by atoms with Crippen molar-refractivity contribution >= 4 is 40.2 Å². The van der Waals surface area contributed by atoms with Crippen LogP contribution < -0.4 is 5.56 Å². The van der Waals surface area contributed by atoms with Gasteiger partial charge in [0.2, 0.25) is 0 Å². The molecule has 8 heteroatoms. The van der Waals surface area contributed by atoms with Gasteiger partial charge in [0.25, 0.3) is 5.56 Å². The maximum absolute atomic E-state index is 13.5. The molecule has 3 aromatic rings. The number of amides is 1. The molecule has 2 aromatic carbocycles. The molecule has 1 N–H and O–H groups in total. The molecule has 1 amide bonds. The predicted octanol–water partition coefficient (Wildman–Crippen LogP) is 5.53. The normalized spacial score (nSPS) is 12.8. The second-order valence-corrected chi connectivity index (χ2v) is 8.57. The van der Waals surface area contributed by atoms with E-state index in [-0.39, 0.29) is 21.8 Å². The molecular formula is C21H21Cl2N3O3. The number of rotatable bonds is 3. The van der Waals surface area contributed by atoms with Crippen LogP contribution in [0.1, 0.15) is 39.6 Å². The highest BCUT2D eigenvalue weighted by molar-refractivity contribution is 6.35. The maximum Gasteiger partial charge on any atom is 0.408 e. The van der Waals surface area contributed by atoms with Gasteiger partial charge in [-0.2, -0.15) is 0 Å². The van der Waals surface area contributed by atoms with Gasteiger partial charge in [-0.25, -0.2) is 9.78 Å². The minimum atomic E-state index is -1.11. The van der Waals surface area contributed by atoms with E-state index in [1.807, 2.05) is 0 Å². The Morgan fingerprint density at radius 2 is 1.83 bits per heavy atom. The molecule has 0 aliphatic carbocycles. The molecule has 3 rings (SSSR count). The summed E-state index contributed by atoms with van der Waals surface area (Å²) in [6, 6.07) is 11.0. The highest BCUT2D eigenvalue weighted by Crippen LogP contribution is 2.30. The number of nitrogens with zero attached hydrogens (tertiary/aromatic N) is 3. The van der Waals surface area contributed by atoms with Crippen LogP contribution in [0.2, 0.25) is 10.0 Å². The Bertz CT molecular complexity index is 1150. The van der Waals surface area contributed by atoms with Gasteiger partial charge in [0.1, 0.15) is 5.82 Å².